The van der Waals surface area contributed by atoms with Crippen LogP contribution in [0.1, 0.15) is 23.7 Å². The molecule has 1 unspecified atom stereocenters. The van der Waals surface area contributed by atoms with Crippen LogP contribution in [0.15, 0.2) is 47.8 Å². The number of carbonyl (C=O) groups excluding carboxylic acids is 2. The van der Waals surface area contributed by atoms with E-state index in [1.165, 1.54) is 23.5 Å². The Morgan fingerprint density at radius 1 is 1.17 bits per heavy atom. The zero-order valence-corrected chi connectivity index (χ0v) is 17.7. The van der Waals surface area contributed by atoms with Crippen molar-refractivity contribution >= 4 is 23.2 Å². The highest BCUT2D eigenvalue weighted by molar-refractivity contribution is 7.13. The molecular weight excluding hydrogens is 405 g/mol. The van der Waals surface area contributed by atoms with Crippen molar-refractivity contribution in [3.8, 4) is 16.3 Å². The van der Waals surface area contributed by atoms with Crippen LogP contribution in [0.4, 0.5) is 4.39 Å². The van der Waals surface area contributed by atoms with Gasteiger partial charge < -0.3 is 4.74 Å². The quantitative estimate of drug-likeness (QED) is 0.588. The first-order valence-electron chi connectivity index (χ1n) is 9.35. The molecule has 1 aromatic heterocycles. The highest BCUT2D eigenvalue weighted by Gasteiger charge is 2.17. The van der Waals surface area contributed by atoms with Gasteiger partial charge in [-0.3, -0.25) is 20.4 Å². The molecule has 0 radical (unpaired) electrons. The van der Waals surface area contributed by atoms with Gasteiger partial charge in [0.2, 0.25) is 5.91 Å². The molecule has 30 heavy (non-hydrogen) atoms. The summed E-state index contributed by atoms with van der Waals surface area (Å²) in [5.41, 5.74) is 7.94. The Balaban J connectivity index is 1.50. The van der Waals surface area contributed by atoms with E-state index in [1.807, 2.05) is 26.0 Å². The maximum atomic E-state index is 13.4. The van der Waals surface area contributed by atoms with Crippen molar-refractivity contribution in [2.75, 3.05) is 0 Å². The summed E-state index contributed by atoms with van der Waals surface area (Å²) in [5.74, 6) is -0.611. The van der Waals surface area contributed by atoms with Crippen molar-refractivity contribution < 1.29 is 18.7 Å². The number of hydrazine groups is 1. The van der Waals surface area contributed by atoms with Crippen LogP contribution in [0.2, 0.25) is 0 Å². The molecule has 0 saturated carbocycles. The first-order chi connectivity index (χ1) is 14.3. The van der Waals surface area contributed by atoms with Crippen LogP contribution in [0.3, 0.4) is 0 Å². The van der Waals surface area contributed by atoms with Gasteiger partial charge in [-0.2, -0.15) is 0 Å². The van der Waals surface area contributed by atoms with Crippen LogP contribution >= 0.6 is 11.3 Å². The second-order valence-electron chi connectivity index (χ2n) is 6.83. The molecule has 0 fully saturated rings. The number of nitrogens with zero attached hydrogens (tertiary/aromatic N) is 1. The van der Waals surface area contributed by atoms with E-state index in [-0.39, 0.29) is 12.2 Å². The van der Waals surface area contributed by atoms with E-state index in [0.717, 1.165) is 11.1 Å². The molecular formula is C22H22FN3O3S. The van der Waals surface area contributed by atoms with Gasteiger partial charge in [0.15, 0.2) is 6.10 Å². The SMILES string of the molecule is Cc1cccc(OC(C)C(=O)NNC(=O)Cc2csc(-c3cccc(F)c3)n2)c1C. The van der Waals surface area contributed by atoms with E-state index in [1.54, 1.807) is 30.5 Å². The normalized spacial score (nSPS) is 11.6. The number of halogens is 1. The van der Waals surface area contributed by atoms with E-state index < -0.39 is 17.9 Å². The predicted molar refractivity (Wildman–Crippen MR) is 114 cm³/mol. The number of thiazole rings is 1. The molecule has 0 aliphatic heterocycles. The second kappa shape index (κ2) is 9.49. The molecule has 2 aromatic carbocycles. The molecule has 6 nitrogen and oxygen atoms in total. The van der Waals surface area contributed by atoms with Gasteiger partial charge in [0.05, 0.1) is 12.1 Å². The summed E-state index contributed by atoms with van der Waals surface area (Å²) < 4.78 is 19.0. The van der Waals surface area contributed by atoms with Crippen molar-refractivity contribution in [1.82, 2.24) is 15.8 Å². The van der Waals surface area contributed by atoms with Crippen LogP contribution in [0.5, 0.6) is 5.75 Å². The van der Waals surface area contributed by atoms with Crippen molar-refractivity contribution in [3.63, 3.8) is 0 Å². The topological polar surface area (TPSA) is 80.3 Å². The summed E-state index contributed by atoms with van der Waals surface area (Å²) in [4.78, 5) is 28.7. The third-order valence-electron chi connectivity index (χ3n) is 4.52. The molecule has 1 atom stereocenters. The minimum atomic E-state index is -0.787. The zero-order chi connectivity index (χ0) is 21.7. The molecule has 0 bridgehead atoms. The Kier molecular flexibility index (Phi) is 6.79. The minimum Gasteiger partial charge on any atom is -0.481 e. The lowest BCUT2D eigenvalue weighted by Gasteiger charge is -2.17. The Hall–Kier alpha value is -3.26. The lowest BCUT2D eigenvalue weighted by Crippen LogP contribution is -2.47. The molecule has 2 N–H and O–H groups in total. The average Bonchev–Trinajstić information content (AvgIpc) is 3.18. The van der Waals surface area contributed by atoms with E-state index >= 15 is 0 Å². The lowest BCUT2D eigenvalue weighted by atomic mass is 10.1. The van der Waals surface area contributed by atoms with Crippen molar-refractivity contribution in [1.29, 1.82) is 0 Å². The van der Waals surface area contributed by atoms with Gasteiger partial charge in [-0.25, -0.2) is 9.37 Å². The third-order valence-corrected chi connectivity index (χ3v) is 5.46. The van der Waals surface area contributed by atoms with Gasteiger partial charge in [0.25, 0.3) is 5.91 Å². The van der Waals surface area contributed by atoms with Crippen molar-refractivity contribution in [2.45, 2.75) is 33.3 Å². The Morgan fingerprint density at radius 3 is 2.70 bits per heavy atom. The number of amides is 2. The van der Waals surface area contributed by atoms with Gasteiger partial charge in [0.1, 0.15) is 16.6 Å². The summed E-state index contributed by atoms with van der Waals surface area (Å²) in [6.45, 7) is 5.49. The average molecular weight is 428 g/mol. The highest BCUT2D eigenvalue weighted by Crippen LogP contribution is 2.24. The number of carbonyl (C=O) groups is 2. The second-order valence-corrected chi connectivity index (χ2v) is 7.68. The first kappa shape index (κ1) is 21.4. The molecule has 3 aromatic rings. The van der Waals surface area contributed by atoms with Crippen molar-refractivity contribution in [3.05, 3.63) is 70.5 Å². The maximum absolute atomic E-state index is 13.4. The third kappa shape index (κ3) is 5.42. The number of hydrogen-bond acceptors (Lipinski definition) is 5. The molecule has 0 aliphatic rings. The number of rotatable bonds is 6. The smallest absolute Gasteiger partial charge is 0.279 e. The Bertz CT molecular complexity index is 1070. The Labute approximate surface area is 178 Å². The molecule has 3 rings (SSSR count). The van der Waals surface area contributed by atoms with Crippen LogP contribution in [0.25, 0.3) is 10.6 Å². The number of hydrogen-bond donors (Lipinski definition) is 2. The number of aromatic nitrogens is 1. The summed E-state index contributed by atoms with van der Waals surface area (Å²) in [7, 11) is 0. The number of aryl methyl sites for hydroxylation is 1. The molecule has 2 amide bonds. The molecule has 1 heterocycles. The maximum Gasteiger partial charge on any atom is 0.279 e. The summed E-state index contributed by atoms with van der Waals surface area (Å²) >= 11 is 1.32. The molecule has 0 saturated heterocycles. The van der Waals surface area contributed by atoms with Gasteiger partial charge in [-0.1, -0.05) is 24.3 Å². The minimum absolute atomic E-state index is 0.0156. The Morgan fingerprint density at radius 2 is 1.93 bits per heavy atom. The summed E-state index contributed by atoms with van der Waals surface area (Å²) in [6, 6.07) is 11.7. The molecule has 0 aliphatic carbocycles. The number of nitrogens with one attached hydrogen (secondary N) is 2. The van der Waals surface area contributed by atoms with Crippen LogP contribution < -0.4 is 15.6 Å². The molecule has 156 valence electrons. The van der Waals surface area contributed by atoms with Crippen LogP contribution in [0, 0.1) is 19.7 Å². The summed E-state index contributed by atoms with van der Waals surface area (Å²) in [6.07, 6.45) is -0.803. The monoisotopic (exact) mass is 427 g/mol. The van der Waals surface area contributed by atoms with Crippen LogP contribution in [-0.4, -0.2) is 22.9 Å². The molecule has 8 heteroatoms. The van der Waals surface area contributed by atoms with Gasteiger partial charge >= 0.3 is 0 Å². The predicted octanol–water partition coefficient (Wildman–Crippen LogP) is 3.72. The zero-order valence-electron chi connectivity index (χ0n) is 16.9. The summed E-state index contributed by atoms with van der Waals surface area (Å²) in [5, 5.41) is 2.35. The fourth-order valence-corrected chi connectivity index (χ4v) is 3.50. The standard InChI is InChI=1S/C22H22FN3O3S/c1-13-6-4-9-19(14(13)2)29-15(3)21(28)26-25-20(27)11-18-12-30-22(24-18)16-7-5-8-17(23)10-16/h4-10,12,15H,11H2,1-3H3,(H,25,27)(H,26,28). The van der Waals surface area contributed by atoms with E-state index in [2.05, 4.69) is 15.8 Å². The van der Waals surface area contributed by atoms with E-state index in [4.69, 9.17) is 4.74 Å². The number of ether oxygens (including phenoxy) is 1. The van der Waals surface area contributed by atoms with Gasteiger partial charge in [-0.05, 0) is 50.1 Å². The van der Waals surface area contributed by atoms with Crippen LogP contribution in [-0.2, 0) is 16.0 Å². The fourth-order valence-electron chi connectivity index (χ4n) is 2.68. The fraction of sp³-hybridized carbons (Fsp3) is 0.227. The lowest BCUT2D eigenvalue weighted by molar-refractivity contribution is -0.132. The number of benzene rings is 2. The molecule has 0 spiro atoms. The first-order valence-corrected chi connectivity index (χ1v) is 10.2. The largest absolute Gasteiger partial charge is 0.481 e. The van der Waals surface area contributed by atoms with Crippen molar-refractivity contribution in [2.24, 2.45) is 0 Å². The van der Waals surface area contributed by atoms with Gasteiger partial charge in [-0.15, -0.1) is 11.3 Å². The van der Waals surface area contributed by atoms with E-state index in [9.17, 15) is 14.0 Å². The van der Waals surface area contributed by atoms with E-state index in [0.29, 0.717) is 22.0 Å². The highest BCUT2D eigenvalue weighted by atomic mass is 32.1. The van der Waals surface area contributed by atoms with Gasteiger partial charge in [0, 0.05) is 10.9 Å².